The molecule has 0 saturated heterocycles. The van der Waals surface area contributed by atoms with Crippen molar-refractivity contribution in [3.8, 4) is 0 Å². The zero-order chi connectivity index (χ0) is 10.8. The first-order valence-corrected chi connectivity index (χ1v) is 5.94. The van der Waals surface area contributed by atoms with E-state index in [1.54, 1.807) is 0 Å². The summed E-state index contributed by atoms with van der Waals surface area (Å²) >= 11 is 0. The van der Waals surface area contributed by atoms with E-state index in [9.17, 15) is 0 Å². The van der Waals surface area contributed by atoms with Crippen LogP contribution >= 0.6 is 0 Å². The zero-order valence-electron chi connectivity index (χ0n) is 9.88. The predicted octanol–water partition coefficient (Wildman–Crippen LogP) is 2.28. The maximum absolute atomic E-state index is 4.45. The molecule has 2 atom stereocenters. The van der Waals surface area contributed by atoms with Gasteiger partial charge in [-0.2, -0.15) is 0 Å². The largest absolute Gasteiger partial charge is 0.348 e. The minimum absolute atomic E-state index is 0.447. The van der Waals surface area contributed by atoms with Gasteiger partial charge in [0.1, 0.15) is 0 Å². The Kier molecular flexibility index (Phi) is 3.10. The van der Waals surface area contributed by atoms with Crippen molar-refractivity contribution in [1.82, 2.24) is 15.3 Å². The lowest BCUT2D eigenvalue weighted by molar-refractivity contribution is 0.313. The maximum atomic E-state index is 4.45. The fraction of sp³-hybridized carbons (Fsp3) is 0.750. The van der Waals surface area contributed by atoms with E-state index in [-0.39, 0.29) is 0 Å². The van der Waals surface area contributed by atoms with E-state index in [1.807, 2.05) is 6.33 Å². The van der Waals surface area contributed by atoms with Crippen LogP contribution < -0.4 is 5.32 Å². The number of aromatic nitrogens is 2. The summed E-state index contributed by atoms with van der Waals surface area (Å²) in [6.45, 7) is 7.96. The Labute approximate surface area is 91.7 Å². The molecule has 2 rings (SSSR count). The summed E-state index contributed by atoms with van der Waals surface area (Å²) in [5.74, 6) is 1.42. The first-order chi connectivity index (χ1) is 7.18. The summed E-state index contributed by atoms with van der Waals surface area (Å²) in [5, 5.41) is 3.58. The first-order valence-electron chi connectivity index (χ1n) is 5.94. The molecule has 0 fully saturated rings. The van der Waals surface area contributed by atoms with Crippen LogP contribution in [0.4, 0.5) is 0 Å². The molecule has 3 heteroatoms. The Bertz CT molecular complexity index is 316. The van der Waals surface area contributed by atoms with Gasteiger partial charge in [-0.1, -0.05) is 20.8 Å². The highest BCUT2D eigenvalue weighted by molar-refractivity contribution is 5.19. The maximum Gasteiger partial charge on any atom is 0.0925 e. The molecule has 0 saturated carbocycles. The van der Waals surface area contributed by atoms with Crippen LogP contribution in [-0.2, 0) is 6.42 Å². The molecule has 2 unspecified atom stereocenters. The lowest BCUT2D eigenvalue weighted by atomic mass is 9.88. The Hall–Kier alpha value is -0.830. The highest BCUT2D eigenvalue weighted by Crippen LogP contribution is 2.29. The van der Waals surface area contributed by atoms with Crippen LogP contribution in [0.1, 0.15) is 44.6 Å². The normalized spacial score (nSPS) is 22.8. The first kappa shape index (κ1) is 10.7. The van der Waals surface area contributed by atoms with E-state index in [4.69, 9.17) is 0 Å². The van der Waals surface area contributed by atoms with E-state index in [1.165, 1.54) is 17.8 Å². The summed E-state index contributed by atoms with van der Waals surface area (Å²) in [6.07, 6.45) is 4.16. The van der Waals surface area contributed by atoms with Crippen LogP contribution in [-0.4, -0.2) is 16.5 Å². The molecule has 84 valence electrons. The van der Waals surface area contributed by atoms with E-state index in [0.717, 1.165) is 18.9 Å². The third-order valence-electron chi connectivity index (χ3n) is 3.20. The fourth-order valence-electron chi connectivity index (χ4n) is 2.60. The predicted molar refractivity (Wildman–Crippen MR) is 61.7 cm³/mol. The number of fused-ring (bicyclic) bond motifs is 1. The zero-order valence-corrected chi connectivity index (χ0v) is 9.88. The van der Waals surface area contributed by atoms with Crippen molar-refractivity contribution in [2.45, 2.75) is 39.7 Å². The molecule has 2 N–H and O–H groups in total. The SMILES string of the molecule is CC(C)CC(C)C1NCCc2[nH]cnc21. The topological polar surface area (TPSA) is 40.7 Å². The number of rotatable bonds is 3. The van der Waals surface area contributed by atoms with Gasteiger partial charge in [-0.25, -0.2) is 4.98 Å². The van der Waals surface area contributed by atoms with Gasteiger partial charge in [0, 0.05) is 18.7 Å². The Morgan fingerprint density at radius 2 is 2.27 bits per heavy atom. The van der Waals surface area contributed by atoms with Crippen LogP contribution in [0.5, 0.6) is 0 Å². The molecule has 0 amide bonds. The molecule has 1 aliphatic rings. The minimum Gasteiger partial charge on any atom is -0.348 e. The minimum atomic E-state index is 0.447. The Balaban J connectivity index is 2.11. The molecule has 0 radical (unpaired) electrons. The van der Waals surface area contributed by atoms with E-state index in [2.05, 4.69) is 36.1 Å². The van der Waals surface area contributed by atoms with E-state index >= 15 is 0 Å². The van der Waals surface area contributed by atoms with Crippen molar-refractivity contribution in [2.75, 3.05) is 6.54 Å². The molecule has 1 aromatic heterocycles. The number of nitrogens with zero attached hydrogens (tertiary/aromatic N) is 1. The summed E-state index contributed by atoms with van der Waals surface area (Å²) in [6, 6.07) is 0.447. The van der Waals surface area contributed by atoms with Gasteiger partial charge in [0.2, 0.25) is 0 Å². The number of nitrogens with one attached hydrogen (secondary N) is 2. The molecule has 0 aromatic carbocycles. The molecule has 0 bridgehead atoms. The van der Waals surface area contributed by atoms with Crippen LogP contribution in [0.25, 0.3) is 0 Å². The number of aromatic amines is 1. The molecule has 15 heavy (non-hydrogen) atoms. The van der Waals surface area contributed by atoms with Crippen LogP contribution in [0, 0.1) is 11.8 Å². The van der Waals surface area contributed by atoms with Crippen LogP contribution in [0.15, 0.2) is 6.33 Å². The van der Waals surface area contributed by atoms with E-state index < -0.39 is 0 Å². The van der Waals surface area contributed by atoms with Crippen molar-refractivity contribution < 1.29 is 0 Å². The number of imidazole rings is 1. The number of H-pyrrole nitrogens is 1. The van der Waals surface area contributed by atoms with Gasteiger partial charge in [-0.15, -0.1) is 0 Å². The third kappa shape index (κ3) is 2.23. The van der Waals surface area contributed by atoms with Gasteiger partial charge in [0.05, 0.1) is 18.1 Å². The average molecular weight is 207 g/mol. The van der Waals surface area contributed by atoms with Gasteiger partial charge in [-0.3, -0.25) is 0 Å². The van der Waals surface area contributed by atoms with Gasteiger partial charge in [0.15, 0.2) is 0 Å². The number of hydrogen-bond donors (Lipinski definition) is 2. The lowest BCUT2D eigenvalue weighted by Crippen LogP contribution is -2.34. The van der Waals surface area contributed by atoms with Crippen molar-refractivity contribution in [2.24, 2.45) is 11.8 Å². The Morgan fingerprint density at radius 1 is 1.47 bits per heavy atom. The third-order valence-corrected chi connectivity index (χ3v) is 3.20. The monoisotopic (exact) mass is 207 g/mol. The molecular weight excluding hydrogens is 186 g/mol. The molecule has 2 heterocycles. The second-order valence-electron chi connectivity index (χ2n) is 5.05. The van der Waals surface area contributed by atoms with Crippen LogP contribution in [0.2, 0.25) is 0 Å². The molecule has 0 spiro atoms. The summed E-state index contributed by atoms with van der Waals surface area (Å²) in [7, 11) is 0. The molecule has 0 aliphatic carbocycles. The van der Waals surface area contributed by atoms with Gasteiger partial charge >= 0.3 is 0 Å². The van der Waals surface area contributed by atoms with Gasteiger partial charge in [-0.05, 0) is 18.3 Å². The standard InChI is InChI=1S/C12H21N3/c1-8(2)6-9(3)11-12-10(4-5-13-11)14-7-15-12/h7-9,11,13H,4-6H2,1-3H3,(H,14,15). The van der Waals surface area contributed by atoms with E-state index in [0.29, 0.717) is 12.0 Å². The number of hydrogen-bond acceptors (Lipinski definition) is 2. The van der Waals surface area contributed by atoms with Crippen molar-refractivity contribution in [3.05, 3.63) is 17.7 Å². The van der Waals surface area contributed by atoms with Crippen molar-refractivity contribution >= 4 is 0 Å². The second-order valence-corrected chi connectivity index (χ2v) is 5.05. The molecular formula is C12H21N3. The van der Waals surface area contributed by atoms with Crippen LogP contribution in [0.3, 0.4) is 0 Å². The lowest BCUT2D eigenvalue weighted by Gasteiger charge is -2.29. The highest BCUT2D eigenvalue weighted by atomic mass is 15.0. The van der Waals surface area contributed by atoms with Crippen molar-refractivity contribution in [3.63, 3.8) is 0 Å². The quantitative estimate of drug-likeness (QED) is 0.798. The average Bonchev–Trinajstić information content (AvgIpc) is 2.63. The smallest absolute Gasteiger partial charge is 0.0925 e. The van der Waals surface area contributed by atoms with Gasteiger partial charge in [0.25, 0.3) is 0 Å². The fourth-order valence-corrected chi connectivity index (χ4v) is 2.60. The second kappa shape index (κ2) is 4.35. The molecule has 3 nitrogen and oxygen atoms in total. The Morgan fingerprint density at radius 3 is 3.00 bits per heavy atom. The molecule has 1 aliphatic heterocycles. The van der Waals surface area contributed by atoms with Gasteiger partial charge < -0.3 is 10.3 Å². The summed E-state index contributed by atoms with van der Waals surface area (Å²) in [5.41, 5.74) is 2.57. The summed E-state index contributed by atoms with van der Waals surface area (Å²) in [4.78, 5) is 7.69. The van der Waals surface area contributed by atoms with Crippen molar-refractivity contribution in [1.29, 1.82) is 0 Å². The highest BCUT2D eigenvalue weighted by Gasteiger charge is 2.27. The molecule has 1 aromatic rings. The summed E-state index contributed by atoms with van der Waals surface area (Å²) < 4.78 is 0.